The second-order valence-corrected chi connectivity index (χ2v) is 8.33. The number of aromatic nitrogens is 1. The number of amides is 2. The first-order chi connectivity index (χ1) is 13.1. The van der Waals surface area contributed by atoms with Crippen molar-refractivity contribution in [1.82, 2.24) is 13.8 Å². The Balaban J connectivity index is 1.73. The van der Waals surface area contributed by atoms with Gasteiger partial charge in [0, 0.05) is 51.1 Å². The first-order valence-corrected chi connectivity index (χ1v) is 9.75. The number of primary amides is 1. The summed E-state index contributed by atoms with van der Waals surface area (Å²) in [6.07, 6.45) is 1.29. The van der Waals surface area contributed by atoms with Crippen molar-refractivity contribution in [2.45, 2.75) is 4.90 Å². The molecular weight excluding hydrogens is 394 g/mol. The fraction of sp³-hybridized carbons (Fsp3) is 0.294. The maximum Gasteiger partial charge on any atom is 0.265 e. The third-order valence-electron chi connectivity index (χ3n) is 4.51. The zero-order chi connectivity index (χ0) is 20.6. The van der Waals surface area contributed by atoms with E-state index in [1.807, 2.05) is 0 Å². The van der Waals surface area contributed by atoms with Crippen molar-refractivity contribution in [3.05, 3.63) is 53.4 Å². The van der Waals surface area contributed by atoms with Gasteiger partial charge in [0.2, 0.25) is 10.0 Å². The fourth-order valence-electron chi connectivity index (χ4n) is 3.06. The molecule has 1 aliphatic rings. The third-order valence-corrected chi connectivity index (χ3v) is 6.37. The Morgan fingerprint density at radius 2 is 1.57 bits per heavy atom. The number of piperazine rings is 1. The van der Waals surface area contributed by atoms with Gasteiger partial charge in [-0.2, -0.15) is 4.31 Å². The van der Waals surface area contributed by atoms with Crippen molar-refractivity contribution in [1.29, 1.82) is 0 Å². The summed E-state index contributed by atoms with van der Waals surface area (Å²) in [4.78, 5) is 25.0. The minimum absolute atomic E-state index is 0.00662. The van der Waals surface area contributed by atoms with Crippen LogP contribution in [0, 0.1) is 11.6 Å². The number of nitrogens with two attached hydrogens (primary N) is 1. The fourth-order valence-corrected chi connectivity index (χ4v) is 4.55. The molecule has 28 heavy (non-hydrogen) atoms. The molecule has 150 valence electrons. The predicted molar refractivity (Wildman–Crippen MR) is 95.0 cm³/mol. The Labute approximate surface area is 160 Å². The molecule has 2 aromatic rings. The molecule has 0 spiro atoms. The van der Waals surface area contributed by atoms with Crippen LogP contribution in [0.1, 0.15) is 20.8 Å². The maximum absolute atomic E-state index is 13.3. The van der Waals surface area contributed by atoms with Gasteiger partial charge in [-0.25, -0.2) is 17.2 Å². The normalized spacial score (nSPS) is 15.6. The van der Waals surface area contributed by atoms with E-state index < -0.39 is 33.5 Å². The highest BCUT2D eigenvalue weighted by molar-refractivity contribution is 7.89. The molecule has 0 atom stereocenters. The first kappa shape index (κ1) is 20.0. The van der Waals surface area contributed by atoms with Crippen molar-refractivity contribution in [2.24, 2.45) is 12.8 Å². The number of halogens is 2. The van der Waals surface area contributed by atoms with Gasteiger partial charge < -0.3 is 15.2 Å². The predicted octanol–water partition coefficient (Wildman–Crippen LogP) is 0.549. The minimum Gasteiger partial charge on any atom is -0.364 e. The van der Waals surface area contributed by atoms with Crippen molar-refractivity contribution in [3.8, 4) is 0 Å². The molecule has 1 aromatic carbocycles. The highest BCUT2D eigenvalue weighted by atomic mass is 32.2. The Kier molecular flexibility index (Phi) is 5.22. The number of aryl methyl sites for hydroxylation is 1. The van der Waals surface area contributed by atoms with Crippen molar-refractivity contribution in [2.75, 3.05) is 26.2 Å². The molecule has 1 fully saturated rings. The van der Waals surface area contributed by atoms with Gasteiger partial charge in [-0.05, 0) is 18.2 Å². The average molecular weight is 412 g/mol. The SMILES string of the molecule is Cn1cc(S(=O)(=O)N2CCN(C(=O)c3cc(F)cc(F)c3)CC2)cc1C(N)=O. The molecule has 1 saturated heterocycles. The van der Waals surface area contributed by atoms with Gasteiger partial charge in [0.05, 0.1) is 0 Å². The Bertz CT molecular complexity index is 1020. The van der Waals surface area contributed by atoms with E-state index in [2.05, 4.69) is 0 Å². The van der Waals surface area contributed by atoms with Gasteiger partial charge in [0.1, 0.15) is 22.2 Å². The molecule has 0 radical (unpaired) electrons. The van der Waals surface area contributed by atoms with Crippen LogP contribution in [-0.4, -0.2) is 60.2 Å². The summed E-state index contributed by atoms with van der Waals surface area (Å²) >= 11 is 0. The lowest BCUT2D eigenvalue weighted by molar-refractivity contribution is 0.0696. The van der Waals surface area contributed by atoms with Gasteiger partial charge in [-0.1, -0.05) is 0 Å². The van der Waals surface area contributed by atoms with Crippen molar-refractivity contribution < 1.29 is 26.8 Å². The molecule has 0 saturated carbocycles. The van der Waals surface area contributed by atoms with Crippen LogP contribution in [0.15, 0.2) is 35.4 Å². The van der Waals surface area contributed by atoms with Crippen LogP contribution in [0.2, 0.25) is 0 Å². The van der Waals surface area contributed by atoms with Crippen LogP contribution >= 0.6 is 0 Å². The van der Waals surface area contributed by atoms with Gasteiger partial charge in [0.25, 0.3) is 11.8 Å². The van der Waals surface area contributed by atoms with E-state index in [0.717, 1.165) is 12.1 Å². The van der Waals surface area contributed by atoms with Crippen molar-refractivity contribution >= 4 is 21.8 Å². The van der Waals surface area contributed by atoms with Crippen LogP contribution in [-0.2, 0) is 17.1 Å². The van der Waals surface area contributed by atoms with E-state index in [4.69, 9.17) is 5.73 Å². The van der Waals surface area contributed by atoms with E-state index in [1.54, 1.807) is 0 Å². The summed E-state index contributed by atoms with van der Waals surface area (Å²) in [7, 11) is -2.37. The van der Waals surface area contributed by atoms with Gasteiger partial charge in [0.15, 0.2) is 0 Å². The summed E-state index contributed by atoms with van der Waals surface area (Å²) in [5.74, 6) is -3.05. The van der Waals surface area contributed by atoms with Gasteiger partial charge >= 0.3 is 0 Å². The van der Waals surface area contributed by atoms with E-state index in [1.165, 1.54) is 33.1 Å². The number of rotatable bonds is 4. The molecule has 2 N–H and O–H groups in total. The lowest BCUT2D eigenvalue weighted by atomic mass is 10.1. The number of nitrogens with zero attached hydrogens (tertiary/aromatic N) is 3. The molecule has 0 bridgehead atoms. The third kappa shape index (κ3) is 3.76. The smallest absolute Gasteiger partial charge is 0.265 e. The molecule has 0 aliphatic carbocycles. The molecule has 1 aliphatic heterocycles. The van der Waals surface area contributed by atoms with E-state index in [9.17, 15) is 26.8 Å². The molecule has 2 heterocycles. The average Bonchev–Trinajstić information content (AvgIpc) is 3.03. The number of carbonyl (C=O) groups is 2. The number of hydrogen-bond acceptors (Lipinski definition) is 4. The van der Waals surface area contributed by atoms with Crippen molar-refractivity contribution in [3.63, 3.8) is 0 Å². The summed E-state index contributed by atoms with van der Waals surface area (Å²) in [6.45, 7) is 0.136. The Hall–Kier alpha value is -2.79. The summed E-state index contributed by atoms with van der Waals surface area (Å²) in [5.41, 5.74) is 5.13. The first-order valence-electron chi connectivity index (χ1n) is 8.31. The van der Waals surface area contributed by atoms with Crippen LogP contribution in [0.25, 0.3) is 0 Å². The monoisotopic (exact) mass is 412 g/mol. The molecule has 1 aromatic heterocycles. The molecule has 0 unspecified atom stereocenters. The summed E-state index contributed by atoms with van der Waals surface area (Å²) in [6, 6.07) is 3.74. The molecule has 8 nitrogen and oxygen atoms in total. The standard InChI is InChI=1S/C17H18F2N4O4S/c1-21-10-14(9-15(21)16(20)24)28(26,27)23-4-2-22(3-5-23)17(25)11-6-12(18)8-13(19)7-11/h6-10H,2-5H2,1H3,(H2,20,24). The zero-order valence-electron chi connectivity index (χ0n) is 14.9. The van der Waals surface area contributed by atoms with E-state index in [0.29, 0.717) is 6.07 Å². The van der Waals surface area contributed by atoms with Crippen LogP contribution in [0.4, 0.5) is 8.78 Å². The molecule has 2 amide bonds. The lowest BCUT2D eigenvalue weighted by Crippen LogP contribution is -2.50. The second kappa shape index (κ2) is 7.32. The van der Waals surface area contributed by atoms with Gasteiger partial charge in [-0.15, -0.1) is 0 Å². The number of benzene rings is 1. The number of hydrogen-bond donors (Lipinski definition) is 1. The van der Waals surface area contributed by atoms with Crippen LogP contribution in [0.5, 0.6) is 0 Å². The quantitative estimate of drug-likeness (QED) is 0.792. The molecular formula is C17H18F2N4O4S. The lowest BCUT2D eigenvalue weighted by Gasteiger charge is -2.33. The highest BCUT2D eigenvalue weighted by Crippen LogP contribution is 2.21. The Morgan fingerprint density at radius 3 is 2.07 bits per heavy atom. The Morgan fingerprint density at radius 1 is 1.00 bits per heavy atom. The minimum atomic E-state index is -3.88. The highest BCUT2D eigenvalue weighted by Gasteiger charge is 2.32. The number of carbonyl (C=O) groups excluding carboxylic acids is 2. The van der Waals surface area contributed by atoms with Crippen LogP contribution in [0.3, 0.4) is 0 Å². The number of sulfonamides is 1. The summed E-state index contributed by atoms with van der Waals surface area (Å²) < 4.78 is 54.7. The van der Waals surface area contributed by atoms with Crippen LogP contribution < -0.4 is 5.73 Å². The maximum atomic E-state index is 13.3. The van der Waals surface area contributed by atoms with E-state index in [-0.39, 0.29) is 42.3 Å². The molecule has 3 rings (SSSR count). The zero-order valence-corrected chi connectivity index (χ0v) is 15.7. The largest absolute Gasteiger partial charge is 0.364 e. The van der Waals surface area contributed by atoms with Gasteiger partial charge in [-0.3, -0.25) is 9.59 Å². The van der Waals surface area contributed by atoms with E-state index >= 15 is 0 Å². The second-order valence-electron chi connectivity index (χ2n) is 6.39. The topological polar surface area (TPSA) is 106 Å². The summed E-state index contributed by atoms with van der Waals surface area (Å²) in [5, 5.41) is 0. The molecule has 11 heteroatoms.